The highest BCUT2D eigenvalue weighted by Gasteiger charge is 2.19. The van der Waals surface area contributed by atoms with E-state index < -0.39 is 5.97 Å². The van der Waals surface area contributed by atoms with E-state index in [2.05, 4.69) is 6.92 Å². The summed E-state index contributed by atoms with van der Waals surface area (Å²) in [6, 6.07) is 5.53. The predicted octanol–water partition coefficient (Wildman–Crippen LogP) is 4.10. The van der Waals surface area contributed by atoms with E-state index in [1.807, 2.05) is 23.6 Å². The molecular weight excluding hydrogens is 250 g/mol. The molecule has 3 nitrogen and oxygen atoms in total. The number of carboxylic acid groups (broad SMARTS) is 1. The van der Waals surface area contributed by atoms with E-state index in [1.54, 1.807) is 6.07 Å². The van der Waals surface area contributed by atoms with E-state index in [0.717, 1.165) is 35.9 Å². The van der Waals surface area contributed by atoms with E-state index in [4.69, 9.17) is 11.6 Å². The van der Waals surface area contributed by atoms with Gasteiger partial charge >= 0.3 is 5.97 Å². The Hall–Kier alpha value is -1.48. The van der Waals surface area contributed by atoms with Crippen molar-refractivity contribution in [3.05, 3.63) is 34.5 Å². The zero-order valence-corrected chi connectivity index (χ0v) is 11.3. The zero-order valence-electron chi connectivity index (χ0n) is 10.5. The molecule has 0 aliphatic carbocycles. The summed E-state index contributed by atoms with van der Waals surface area (Å²) in [5.41, 5.74) is 2.11. The Labute approximate surface area is 111 Å². The summed E-state index contributed by atoms with van der Waals surface area (Å²) >= 11 is 5.98. The van der Waals surface area contributed by atoms with Crippen molar-refractivity contribution in [1.29, 1.82) is 0 Å². The molecule has 1 aromatic heterocycles. The molecule has 0 aliphatic rings. The molecule has 0 atom stereocenters. The van der Waals surface area contributed by atoms with Gasteiger partial charge in [0.1, 0.15) is 5.69 Å². The van der Waals surface area contributed by atoms with Crippen LogP contribution >= 0.6 is 11.6 Å². The van der Waals surface area contributed by atoms with E-state index in [1.165, 1.54) is 0 Å². The van der Waals surface area contributed by atoms with Gasteiger partial charge in [0.15, 0.2) is 0 Å². The normalized spacial score (nSPS) is 11.1. The van der Waals surface area contributed by atoms with Gasteiger partial charge in [0, 0.05) is 22.5 Å². The molecule has 0 aliphatic heterocycles. The average molecular weight is 266 g/mol. The first-order valence-electron chi connectivity index (χ1n) is 6.08. The SMILES string of the molecule is CCCCn1c(C(=O)O)c(C)c2cc(Cl)ccc21. The fraction of sp³-hybridized carbons (Fsp3) is 0.357. The number of hydrogen-bond acceptors (Lipinski definition) is 1. The largest absolute Gasteiger partial charge is 0.477 e. The van der Waals surface area contributed by atoms with Crippen molar-refractivity contribution in [2.45, 2.75) is 33.2 Å². The van der Waals surface area contributed by atoms with Gasteiger partial charge in [-0.05, 0) is 37.1 Å². The van der Waals surface area contributed by atoms with Crippen LogP contribution in [0.4, 0.5) is 0 Å². The number of aryl methyl sites for hydroxylation is 2. The summed E-state index contributed by atoms with van der Waals surface area (Å²) in [6.07, 6.45) is 2.00. The lowest BCUT2D eigenvalue weighted by Gasteiger charge is -2.07. The number of aromatic nitrogens is 1. The molecule has 0 radical (unpaired) electrons. The number of unbranched alkanes of at least 4 members (excludes halogenated alkanes) is 1. The van der Waals surface area contributed by atoms with Gasteiger partial charge in [0.25, 0.3) is 0 Å². The van der Waals surface area contributed by atoms with Crippen LogP contribution in [-0.2, 0) is 6.54 Å². The minimum absolute atomic E-state index is 0.376. The van der Waals surface area contributed by atoms with Crippen molar-refractivity contribution in [2.75, 3.05) is 0 Å². The quantitative estimate of drug-likeness (QED) is 0.904. The first-order chi connectivity index (χ1) is 8.56. The molecule has 0 saturated heterocycles. The second kappa shape index (κ2) is 5.02. The van der Waals surface area contributed by atoms with Gasteiger partial charge in [-0.2, -0.15) is 0 Å². The fourth-order valence-electron chi connectivity index (χ4n) is 2.32. The smallest absolute Gasteiger partial charge is 0.352 e. The number of fused-ring (bicyclic) bond motifs is 1. The van der Waals surface area contributed by atoms with Crippen molar-refractivity contribution < 1.29 is 9.90 Å². The lowest BCUT2D eigenvalue weighted by Crippen LogP contribution is -2.09. The van der Waals surface area contributed by atoms with Crippen molar-refractivity contribution in [3.8, 4) is 0 Å². The molecule has 0 amide bonds. The third-order valence-corrected chi connectivity index (χ3v) is 3.45. The number of nitrogens with zero attached hydrogens (tertiary/aromatic N) is 1. The molecule has 1 heterocycles. The zero-order chi connectivity index (χ0) is 13.3. The molecule has 2 rings (SSSR count). The van der Waals surface area contributed by atoms with Crippen molar-refractivity contribution in [1.82, 2.24) is 4.57 Å². The summed E-state index contributed by atoms with van der Waals surface area (Å²) < 4.78 is 1.88. The standard InChI is InChI=1S/C14H16ClNO2/c1-3-4-7-16-12-6-5-10(15)8-11(12)9(2)13(16)14(17)18/h5-6,8H,3-4,7H2,1-2H3,(H,17,18). The minimum Gasteiger partial charge on any atom is -0.477 e. The average Bonchev–Trinajstić information content (AvgIpc) is 2.59. The number of halogens is 1. The molecule has 0 unspecified atom stereocenters. The number of aromatic carboxylic acids is 1. The first-order valence-corrected chi connectivity index (χ1v) is 6.45. The van der Waals surface area contributed by atoms with Crippen molar-refractivity contribution in [2.24, 2.45) is 0 Å². The topological polar surface area (TPSA) is 42.2 Å². The Bertz CT molecular complexity index is 601. The summed E-state index contributed by atoms with van der Waals surface area (Å²) in [7, 11) is 0. The number of hydrogen-bond donors (Lipinski definition) is 1. The molecule has 1 aromatic carbocycles. The van der Waals surface area contributed by atoms with Gasteiger partial charge in [0.05, 0.1) is 0 Å². The maximum absolute atomic E-state index is 11.4. The monoisotopic (exact) mass is 265 g/mol. The van der Waals surface area contributed by atoms with Gasteiger partial charge in [-0.15, -0.1) is 0 Å². The Morgan fingerprint density at radius 3 is 2.78 bits per heavy atom. The van der Waals surface area contributed by atoms with Gasteiger partial charge in [0.2, 0.25) is 0 Å². The third kappa shape index (κ3) is 2.10. The van der Waals surface area contributed by atoms with Crippen molar-refractivity contribution in [3.63, 3.8) is 0 Å². The molecule has 96 valence electrons. The van der Waals surface area contributed by atoms with E-state index in [-0.39, 0.29) is 0 Å². The van der Waals surface area contributed by atoms with Gasteiger partial charge in [-0.3, -0.25) is 0 Å². The van der Waals surface area contributed by atoms with Crippen LogP contribution in [0.25, 0.3) is 10.9 Å². The molecule has 4 heteroatoms. The fourth-order valence-corrected chi connectivity index (χ4v) is 2.49. The molecule has 1 N–H and O–H groups in total. The predicted molar refractivity (Wildman–Crippen MR) is 73.6 cm³/mol. The van der Waals surface area contributed by atoms with Crippen LogP contribution in [0.15, 0.2) is 18.2 Å². The van der Waals surface area contributed by atoms with Gasteiger partial charge in [-0.25, -0.2) is 4.79 Å². The Morgan fingerprint density at radius 2 is 2.17 bits per heavy atom. The van der Waals surface area contributed by atoms with Crippen LogP contribution < -0.4 is 0 Å². The molecule has 18 heavy (non-hydrogen) atoms. The van der Waals surface area contributed by atoms with Crippen LogP contribution in [0.3, 0.4) is 0 Å². The second-order valence-electron chi connectivity index (χ2n) is 4.45. The van der Waals surface area contributed by atoms with Crippen LogP contribution in [0.1, 0.15) is 35.8 Å². The van der Waals surface area contributed by atoms with Crippen LogP contribution in [0.2, 0.25) is 5.02 Å². The highest BCUT2D eigenvalue weighted by Crippen LogP contribution is 2.28. The Kier molecular flexibility index (Phi) is 3.62. The number of carbonyl (C=O) groups is 1. The number of rotatable bonds is 4. The molecular formula is C14H16ClNO2. The Balaban J connectivity index is 2.70. The lowest BCUT2D eigenvalue weighted by atomic mass is 10.1. The molecule has 0 fully saturated rings. The maximum atomic E-state index is 11.4. The van der Waals surface area contributed by atoms with Crippen LogP contribution in [0, 0.1) is 6.92 Å². The summed E-state index contributed by atoms with van der Waals surface area (Å²) in [4.78, 5) is 11.4. The summed E-state index contributed by atoms with van der Waals surface area (Å²) in [5.74, 6) is -0.879. The summed E-state index contributed by atoms with van der Waals surface area (Å²) in [6.45, 7) is 4.66. The van der Waals surface area contributed by atoms with E-state index in [9.17, 15) is 9.90 Å². The molecule has 0 saturated carbocycles. The first kappa shape index (κ1) is 13.0. The third-order valence-electron chi connectivity index (χ3n) is 3.22. The Morgan fingerprint density at radius 1 is 1.44 bits per heavy atom. The molecule has 2 aromatic rings. The highest BCUT2D eigenvalue weighted by molar-refractivity contribution is 6.31. The number of carboxylic acids is 1. The van der Waals surface area contributed by atoms with Crippen LogP contribution in [0.5, 0.6) is 0 Å². The summed E-state index contributed by atoms with van der Waals surface area (Å²) in [5, 5.41) is 10.9. The van der Waals surface area contributed by atoms with E-state index >= 15 is 0 Å². The van der Waals surface area contributed by atoms with E-state index in [0.29, 0.717) is 10.7 Å². The van der Waals surface area contributed by atoms with Gasteiger partial charge in [-0.1, -0.05) is 24.9 Å². The maximum Gasteiger partial charge on any atom is 0.352 e. The number of benzene rings is 1. The van der Waals surface area contributed by atoms with Gasteiger partial charge < -0.3 is 9.67 Å². The lowest BCUT2D eigenvalue weighted by molar-refractivity contribution is 0.0684. The molecule has 0 spiro atoms. The highest BCUT2D eigenvalue weighted by atomic mass is 35.5. The molecule has 0 bridgehead atoms. The second-order valence-corrected chi connectivity index (χ2v) is 4.88. The van der Waals surface area contributed by atoms with Crippen molar-refractivity contribution >= 4 is 28.5 Å². The van der Waals surface area contributed by atoms with Crippen LogP contribution in [-0.4, -0.2) is 15.6 Å². The minimum atomic E-state index is -0.879.